The Morgan fingerprint density at radius 2 is 2.12 bits per heavy atom. The van der Waals surface area contributed by atoms with E-state index in [1.807, 2.05) is 6.92 Å². The number of sulfonamides is 1. The fraction of sp³-hybridized carbons (Fsp3) is 0.500. The summed E-state index contributed by atoms with van der Waals surface area (Å²) in [5, 5.41) is 8.97. The lowest BCUT2D eigenvalue weighted by Gasteiger charge is -2.02. The summed E-state index contributed by atoms with van der Waals surface area (Å²) in [6, 6.07) is 1.18. The summed E-state index contributed by atoms with van der Waals surface area (Å²) in [7, 11) is -3.60. The van der Waals surface area contributed by atoms with Crippen molar-refractivity contribution >= 4 is 16.0 Å². The molecule has 0 amide bonds. The molecule has 0 saturated heterocycles. The smallest absolute Gasteiger partial charge is 0.352 e. The maximum Gasteiger partial charge on any atom is 0.352 e. The highest BCUT2D eigenvalue weighted by atomic mass is 32.2. The third-order valence-electron chi connectivity index (χ3n) is 2.20. The van der Waals surface area contributed by atoms with Gasteiger partial charge >= 0.3 is 5.97 Å². The molecule has 0 bridgehead atoms. The number of aromatic carboxylic acids is 1. The molecule has 0 fully saturated rings. The number of nitrogens with zero attached hydrogens (tertiary/aromatic N) is 1. The van der Waals surface area contributed by atoms with Crippen LogP contribution in [0.5, 0.6) is 0 Å². The van der Waals surface area contributed by atoms with Crippen LogP contribution in [-0.4, -0.2) is 30.6 Å². The molecule has 0 aliphatic rings. The van der Waals surface area contributed by atoms with Crippen LogP contribution < -0.4 is 4.72 Å². The van der Waals surface area contributed by atoms with Gasteiger partial charge in [-0.05, 0) is 12.5 Å². The van der Waals surface area contributed by atoms with Crippen molar-refractivity contribution in [3.05, 3.63) is 18.0 Å². The third-order valence-corrected chi connectivity index (χ3v) is 3.71. The molecule has 0 saturated carbocycles. The Morgan fingerprint density at radius 1 is 1.47 bits per heavy atom. The Labute approximate surface area is 100 Å². The minimum Gasteiger partial charge on any atom is -0.477 e. The number of hydrogen-bond acceptors (Lipinski definition) is 3. The van der Waals surface area contributed by atoms with Gasteiger partial charge in [0.15, 0.2) is 0 Å². The van der Waals surface area contributed by atoms with Gasteiger partial charge in [0, 0.05) is 19.3 Å². The topological polar surface area (TPSA) is 88.4 Å². The average molecular weight is 260 g/mol. The van der Waals surface area contributed by atoms with E-state index in [2.05, 4.69) is 4.72 Å². The zero-order valence-corrected chi connectivity index (χ0v) is 10.6. The molecule has 96 valence electrons. The highest BCUT2D eigenvalue weighted by molar-refractivity contribution is 7.89. The zero-order chi connectivity index (χ0) is 13.1. The Bertz CT molecular complexity index is 504. The quantitative estimate of drug-likeness (QED) is 0.795. The summed E-state index contributed by atoms with van der Waals surface area (Å²) in [6.07, 6.45) is 2.08. The summed E-state index contributed by atoms with van der Waals surface area (Å²) in [5.41, 5.74) is -0.0108. The molecule has 1 aromatic rings. The van der Waals surface area contributed by atoms with Gasteiger partial charge in [0.1, 0.15) is 10.6 Å². The number of carboxylic acids is 1. The number of aromatic nitrogens is 1. The standard InChI is InChI=1S/C10H16N2O4S/c1-3-5-12-7-8(6-9(12)10(13)14)17(15,16)11-4-2/h6-7,11H,3-5H2,1-2H3,(H,13,14). The lowest BCUT2D eigenvalue weighted by Crippen LogP contribution is -2.22. The van der Waals surface area contributed by atoms with Crippen molar-refractivity contribution in [2.24, 2.45) is 0 Å². The molecule has 0 spiro atoms. The molecule has 0 aliphatic heterocycles. The molecule has 7 heteroatoms. The number of carboxylic acid groups (broad SMARTS) is 1. The van der Waals surface area contributed by atoms with Crippen molar-refractivity contribution in [3.63, 3.8) is 0 Å². The predicted molar refractivity (Wildman–Crippen MR) is 62.5 cm³/mol. The first-order chi connectivity index (χ1) is 7.92. The number of rotatable bonds is 6. The maximum absolute atomic E-state index is 11.7. The van der Waals surface area contributed by atoms with Gasteiger partial charge in [0.25, 0.3) is 0 Å². The lowest BCUT2D eigenvalue weighted by atomic mass is 10.4. The van der Waals surface area contributed by atoms with Crippen molar-refractivity contribution in [2.45, 2.75) is 31.7 Å². The lowest BCUT2D eigenvalue weighted by molar-refractivity contribution is 0.0685. The van der Waals surface area contributed by atoms with Crippen molar-refractivity contribution in [2.75, 3.05) is 6.54 Å². The second-order valence-corrected chi connectivity index (χ2v) is 5.33. The Hall–Kier alpha value is -1.34. The summed E-state index contributed by atoms with van der Waals surface area (Å²) >= 11 is 0. The number of nitrogens with one attached hydrogen (secondary N) is 1. The molecule has 1 heterocycles. The summed E-state index contributed by atoms with van der Waals surface area (Å²) in [5.74, 6) is -1.13. The molecule has 17 heavy (non-hydrogen) atoms. The van der Waals surface area contributed by atoms with Crippen LogP contribution in [0.15, 0.2) is 17.2 Å². The molecule has 1 aromatic heterocycles. The van der Waals surface area contributed by atoms with Gasteiger partial charge in [-0.2, -0.15) is 0 Å². The van der Waals surface area contributed by atoms with Gasteiger partial charge in [-0.1, -0.05) is 13.8 Å². The second kappa shape index (κ2) is 5.33. The number of aryl methyl sites for hydroxylation is 1. The fourth-order valence-corrected chi connectivity index (χ4v) is 2.59. The van der Waals surface area contributed by atoms with E-state index in [9.17, 15) is 13.2 Å². The Morgan fingerprint density at radius 3 is 2.59 bits per heavy atom. The molecule has 0 atom stereocenters. The largest absolute Gasteiger partial charge is 0.477 e. The fourth-order valence-electron chi connectivity index (χ4n) is 1.51. The van der Waals surface area contributed by atoms with E-state index in [1.54, 1.807) is 6.92 Å². The van der Waals surface area contributed by atoms with Crippen LogP contribution in [0.25, 0.3) is 0 Å². The van der Waals surface area contributed by atoms with Gasteiger partial charge in [-0.25, -0.2) is 17.9 Å². The highest BCUT2D eigenvalue weighted by Gasteiger charge is 2.20. The molecule has 0 aromatic carbocycles. The van der Waals surface area contributed by atoms with E-state index in [0.29, 0.717) is 6.54 Å². The number of hydrogen-bond donors (Lipinski definition) is 2. The first kappa shape index (κ1) is 13.7. The molecule has 1 rings (SSSR count). The molecular formula is C10H16N2O4S. The summed E-state index contributed by atoms with van der Waals surface area (Å²) in [4.78, 5) is 10.9. The van der Waals surface area contributed by atoms with Crippen molar-refractivity contribution in [1.29, 1.82) is 0 Å². The molecule has 2 N–H and O–H groups in total. The van der Waals surface area contributed by atoms with Crippen LogP contribution in [0.1, 0.15) is 30.8 Å². The number of carbonyl (C=O) groups is 1. The van der Waals surface area contributed by atoms with Crippen LogP contribution in [0, 0.1) is 0 Å². The van der Waals surface area contributed by atoms with Crippen LogP contribution in [0.2, 0.25) is 0 Å². The van der Waals surface area contributed by atoms with Crippen molar-refractivity contribution < 1.29 is 18.3 Å². The Kier molecular flexibility index (Phi) is 4.30. The minimum atomic E-state index is -3.60. The van der Waals surface area contributed by atoms with Crippen LogP contribution in [0.3, 0.4) is 0 Å². The van der Waals surface area contributed by atoms with Gasteiger partial charge in [-0.3, -0.25) is 0 Å². The van der Waals surface area contributed by atoms with Gasteiger partial charge in [-0.15, -0.1) is 0 Å². The van der Waals surface area contributed by atoms with E-state index in [4.69, 9.17) is 5.11 Å². The normalized spacial score (nSPS) is 11.6. The minimum absolute atomic E-state index is 0.00907. The highest BCUT2D eigenvalue weighted by Crippen LogP contribution is 2.15. The molecular weight excluding hydrogens is 244 g/mol. The summed E-state index contributed by atoms with van der Waals surface area (Å²) in [6.45, 7) is 4.30. The van der Waals surface area contributed by atoms with Crippen LogP contribution in [-0.2, 0) is 16.6 Å². The van der Waals surface area contributed by atoms with E-state index >= 15 is 0 Å². The maximum atomic E-state index is 11.7. The summed E-state index contributed by atoms with van der Waals surface area (Å²) < 4.78 is 27.2. The zero-order valence-electron chi connectivity index (χ0n) is 9.80. The van der Waals surface area contributed by atoms with Gasteiger partial charge in [0.2, 0.25) is 10.0 Å². The van der Waals surface area contributed by atoms with Gasteiger partial charge in [0.05, 0.1) is 0 Å². The first-order valence-electron chi connectivity index (χ1n) is 5.35. The molecule has 6 nitrogen and oxygen atoms in total. The van der Waals surface area contributed by atoms with Crippen molar-refractivity contribution in [3.8, 4) is 0 Å². The predicted octanol–water partition coefficient (Wildman–Crippen LogP) is 0.894. The first-order valence-corrected chi connectivity index (χ1v) is 6.83. The van der Waals surface area contributed by atoms with Crippen LogP contribution in [0.4, 0.5) is 0 Å². The third kappa shape index (κ3) is 3.07. The van der Waals surface area contributed by atoms with E-state index in [1.165, 1.54) is 16.8 Å². The molecule has 0 unspecified atom stereocenters. The van der Waals surface area contributed by atoms with E-state index < -0.39 is 16.0 Å². The second-order valence-electron chi connectivity index (χ2n) is 3.56. The average Bonchev–Trinajstić information content (AvgIpc) is 2.63. The molecule has 0 aliphatic carbocycles. The Balaban J connectivity index is 3.20. The monoisotopic (exact) mass is 260 g/mol. The molecule has 0 radical (unpaired) electrons. The van der Waals surface area contributed by atoms with E-state index in [-0.39, 0.29) is 17.1 Å². The van der Waals surface area contributed by atoms with Crippen molar-refractivity contribution in [1.82, 2.24) is 9.29 Å². The van der Waals surface area contributed by atoms with E-state index in [0.717, 1.165) is 6.42 Å². The SMILES string of the molecule is CCCn1cc(S(=O)(=O)NCC)cc1C(=O)O. The van der Waals surface area contributed by atoms with Gasteiger partial charge < -0.3 is 9.67 Å². The van der Waals surface area contributed by atoms with Crippen LogP contribution >= 0.6 is 0 Å².